The van der Waals surface area contributed by atoms with Gasteiger partial charge in [-0.05, 0) is 127 Å². The van der Waals surface area contributed by atoms with Crippen LogP contribution in [0.15, 0.2) is 206 Å². The zero-order valence-corrected chi connectivity index (χ0v) is 31.5. The van der Waals surface area contributed by atoms with Crippen LogP contribution >= 0.6 is 0 Å². The fourth-order valence-electron chi connectivity index (χ4n) is 10.1. The van der Waals surface area contributed by atoms with E-state index in [4.69, 9.17) is 0 Å². The van der Waals surface area contributed by atoms with Gasteiger partial charge in [0.1, 0.15) is 0 Å². The molecule has 0 aliphatic heterocycles. The number of hydrogen-bond acceptors (Lipinski definition) is 0. The van der Waals surface area contributed by atoms with E-state index in [9.17, 15) is 0 Å². The highest BCUT2D eigenvalue weighted by atomic mass is 15.0. The largest absolute Gasteiger partial charge is 0.309 e. The lowest BCUT2D eigenvalue weighted by Crippen LogP contribution is -1.94. The molecule has 2 nitrogen and oxygen atoms in total. The molecule has 2 heterocycles. The minimum atomic E-state index is 1.16. The van der Waals surface area contributed by atoms with Crippen LogP contribution in [0.25, 0.3) is 121 Å². The summed E-state index contributed by atoms with van der Waals surface area (Å²) in [6, 6.07) is 76.2. The van der Waals surface area contributed by atoms with Gasteiger partial charge in [-0.3, -0.25) is 0 Å². The third-order valence-corrected chi connectivity index (χ3v) is 12.6. The van der Waals surface area contributed by atoms with Crippen LogP contribution in [0.5, 0.6) is 0 Å². The lowest BCUT2D eigenvalue weighted by atomic mass is 9.94. The molecule has 58 heavy (non-hydrogen) atoms. The van der Waals surface area contributed by atoms with Gasteiger partial charge in [-0.1, -0.05) is 146 Å². The Hall–Kier alpha value is -7.68. The molecule has 2 aromatic heterocycles. The number of nitrogens with zero attached hydrogens (tertiary/aromatic N) is 2. The summed E-state index contributed by atoms with van der Waals surface area (Å²) < 4.78 is 4.85. The van der Waals surface area contributed by atoms with Gasteiger partial charge in [0, 0.05) is 32.9 Å². The van der Waals surface area contributed by atoms with Gasteiger partial charge in [0.25, 0.3) is 0 Å². The quantitative estimate of drug-likeness (QED) is 0.170. The Bertz CT molecular complexity index is 3650. The highest BCUT2D eigenvalue weighted by Gasteiger charge is 2.23. The Balaban J connectivity index is 0.979. The van der Waals surface area contributed by atoms with E-state index in [1.807, 2.05) is 0 Å². The predicted molar refractivity (Wildman–Crippen MR) is 245 cm³/mol. The summed E-state index contributed by atoms with van der Waals surface area (Å²) in [6.45, 7) is 0. The Kier molecular flexibility index (Phi) is 6.47. The van der Waals surface area contributed by atoms with Gasteiger partial charge >= 0.3 is 0 Å². The summed E-state index contributed by atoms with van der Waals surface area (Å²) in [4.78, 5) is 0. The molecule has 0 amide bonds. The monoisotopic (exact) mass is 734 g/mol. The molecule has 268 valence electrons. The fraction of sp³-hybridized carbons (Fsp3) is 0. The number of benzene rings is 10. The second-order valence-electron chi connectivity index (χ2n) is 15.7. The van der Waals surface area contributed by atoms with Crippen LogP contribution < -0.4 is 0 Å². The van der Waals surface area contributed by atoms with Crippen LogP contribution in [0.2, 0.25) is 0 Å². The van der Waals surface area contributed by atoms with Gasteiger partial charge in [-0.2, -0.15) is 0 Å². The summed E-state index contributed by atoms with van der Waals surface area (Å²) in [5.74, 6) is 0. The third-order valence-electron chi connectivity index (χ3n) is 12.6. The number of fused-ring (bicyclic) bond motifs is 11. The van der Waals surface area contributed by atoms with Crippen LogP contribution in [0.1, 0.15) is 0 Å². The molecule has 0 bridgehead atoms. The maximum absolute atomic E-state index is 2.44. The van der Waals surface area contributed by atoms with E-state index in [0.29, 0.717) is 0 Å². The molecule has 1 aliphatic rings. The first kappa shape index (κ1) is 31.5. The van der Waals surface area contributed by atoms with E-state index >= 15 is 0 Å². The molecule has 12 aromatic rings. The smallest absolute Gasteiger partial charge is 0.0547 e. The molecule has 0 spiro atoms. The van der Waals surface area contributed by atoms with Crippen molar-refractivity contribution in [2.75, 3.05) is 0 Å². The Morgan fingerprint density at radius 2 is 0.810 bits per heavy atom. The topological polar surface area (TPSA) is 9.86 Å². The zero-order chi connectivity index (χ0) is 37.9. The molecule has 0 radical (unpaired) electrons. The molecule has 0 saturated heterocycles. The van der Waals surface area contributed by atoms with Crippen LogP contribution in [-0.4, -0.2) is 9.13 Å². The maximum atomic E-state index is 2.44. The number of para-hydroxylation sites is 2. The number of rotatable bonds is 4. The van der Waals surface area contributed by atoms with Crippen molar-refractivity contribution in [2.24, 2.45) is 0 Å². The van der Waals surface area contributed by atoms with E-state index < -0.39 is 0 Å². The summed E-state index contributed by atoms with van der Waals surface area (Å²) in [6.07, 6.45) is 0. The molecule has 13 rings (SSSR count). The predicted octanol–water partition coefficient (Wildman–Crippen LogP) is 15.2. The first-order valence-electron chi connectivity index (χ1n) is 20.1. The molecule has 0 unspecified atom stereocenters. The third kappa shape index (κ3) is 4.37. The summed E-state index contributed by atoms with van der Waals surface area (Å²) >= 11 is 0. The summed E-state index contributed by atoms with van der Waals surface area (Å²) in [5.41, 5.74) is 17.4. The van der Waals surface area contributed by atoms with Crippen molar-refractivity contribution < 1.29 is 0 Å². The Labute approximate surface area is 335 Å². The van der Waals surface area contributed by atoms with Gasteiger partial charge < -0.3 is 9.13 Å². The van der Waals surface area contributed by atoms with Crippen LogP contribution in [0.3, 0.4) is 0 Å². The minimum absolute atomic E-state index is 1.16. The molecule has 0 atom stereocenters. The highest BCUT2D eigenvalue weighted by molar-refractivity contribution is 6.22. The first-order valence-corrected chi connectivity index (χ1v) is 20.1. The van der Waals surface area contributed by atoms with Crippen molar-refractivity contribution in [3.63, 3.8) is 0 Å². The van der Waals surface area contributed by atoms with Gasteiger partial charge in [0.05, 0.1) is 22.1 Å². The standard InChI is InChI=1S/C56H34N2/c1-2-14-39(15-3-1)57-53-30-26-37(34-50(53)56-42-17-5-4-12-35(42)24-31-54(56)57)36-25-29-52-49(33-36)45-20-8-9-23-51(45)58(52)40-16-10-13-38(32-40)41-27-28-48-44-19-7-6-18-43(44)47-22-11-21-46(41)55(47)48/h1-34H. The van der Waals surface area contributed by atoms with Crippen LogP contribution in [-0.2, 0) is 0 Å². The maximum Gasteiger partial charge on any atom is 0.0547 e. The second-order valence-corrected chi connectivity index (χ2v) is 15.7. The zero-order valence-electron chi connectivity index (χ0n) is 31.5. The average molecular weight is 735 g/mol. The van der Waals surface area contributed by atoms with E-state index in [0.717, 1.165) is 5.69 Å². The van der Waals surface area contributed by atoms with Crippen molar-refractivity contribution in [1.82, 2.24) is 9.13 Å². The molecular weight excluding hydrogens is 701 g/mol. The molecule has 2 heteroatoms. The van der Waals surface area contributed by atoms with Crippen molar-refractivity contribution in [3.05, 3.63) is 206 Å². The molecule has 10 aromatic carbocycles. The fourth-order valence-corrected chi connectivity index (χ4v) is 10.1. The van der Waals surface area contributed by atoms with Crippen molar-refractivity contribution in [3.8, 4) is 55.9 Å². The first-order chi connectivity index (χ1) is 28.8. The summed E-state index contributed by atoms with van der Waals surface area (Å²) in [5, 5.41) is 10.2. The van der Waals surface area contributed by atoms with Crippen LogP contribution in [0, 0.1) is 0 Å². The number of aromatic nitrogens is 2. The van der Waals surface area contributed by atoms with E-state index in [2.05, 4.69) is 215 Å². The normalized spacial score (nSPS) is 12.1. The highest BCUT2D eigenvalue weighted by Crippen LogP contribution is 2.49. The van der Waals surface area contributed by atoms with Crippen molar-refractivity contribution in [2.45, 2.75) is 0 Å². The number of hydrogen-bond donors (Lipinski definition) is 0. The molecule has 0 N–H and O–H groups in total. The molecule has 1 aliphatic carbocycles. The minimum Gasteiger partial charge on any atom is -0.309 e. The van der Waals surface area contributed by atoms with Gasteiger partial charge in [0.15, 0.2) is 0 Å². The van der Waals surface area contributed by atoms with Crippen molar-refractivity contribution >= 4 is 65.2 Å². The molecule has 0 fully saturated rings. The average Bonchev–Trinajstić information content (AvgIpc) is 3.93. The van der Waals surface area contributed by atoms with Crippen LogP contribution in [0.4, 0.5) is 0 Å². The van der Waals surface area contributed by atoms with Gasteiger partial charge in [-0.25, -0.2) is 0 Å². The van der Waals surface area contributed by atoms with Gasteiger partial charge in [0.2, 0.25) is 0 Å². The van der Waals surface area contributed by atoms with Crippen molar-refractivity contribution in [1.29, 1.82) is 0 Å². The lowest BCUT2D eigenvalue weighted by Gasteiger charge is -2.13. The SMILES string of the molecule is c1ccc(-n2c3ccc(-c4ccc5c(c4)c4ccccc4n5-c4cccc(-c5ccc6c7c(cccc57)-c5ccccc5-6)c4)cc3c3c4ccccc4ccc32)cc1. The van der Waals surface area contributed by atoms with E-state index in [-0.39, 0.29) is 0 Å². The lowest BCUT2D eigenvalue weighted by molar-refractivity contribution is 1.18. The van der Waals surface area contributed by atoms with Gasteiger partial charge in [-0.15, -0.1) is 0 Å². The second kappa shape index (κ2) is 11.9. The molecule has 0 saturated carbocycles. The Morgan fingerprint density at radius 3 is 1.66 bits per heavy atom. The van der Waals surface area contributed by atoms with E-state index in [1.165, 1.54) is 115 Å². The summed E-state index contributed by atoms with van der Waals surface area (Å²) in [7, 11) is 0. The van der Waals surface area contributed by atoms with E-state index in [1.54, 1.807) is 0 Å². The Morgan fingerprint density at radius 1 is 0.241 bits per heavy atom. The molecular formula is C56H34N2.